The minimum absolute atomic E-state index is 0.574. The van der Waals surface area contributed by atoms with Crippen molar-refractivity contribution in [2.75, 3.05) is 0 Å². The monoisotopic (exact) mass is 315 g/mol. The third-order valence-electron chi connectivity index (χ3n) is 7.06. The zero-order valence-corrected chi connectivity index (χ0v) is 16.1. The normalized spacial score (nSPS) is 39.9. The molecule has 2 heteroatoms. The van der Waals surface area contributed by atoms with Crippen LogP contribution >= 0.6 is 0 Å². The maximum Gasteiger partial charge on any atom is 0.134 e. The second kappa shape index (κ2) is 5.26. The van der Waals surface area contributed by atoms with Crippen LogP contribution in [-0.4, -0.2) is 19.1 Å². The molecule has 4 fully saturated rings. The molecule has 0 N–H and O–H groups in total. The number of rotatable bonds is 4. The Kier molecular flexibility index (Phi) is 3.60. The maximum absolute atomic E-state index is 3.05. The van der Waals surface area contributed by atoms with E-state index in [1.165, 1.54) is 32.1 Å². The van der Waals surface area contributed by atoms with Crippen LogP contribution < -0.4 is 0 Å². The predicted molar refractivity (Wildman–Crippen MR) is 97.3 cm³/mol. The molecule has 0 saturated heterocycles. The molecule has 5 aliphatic rings. The first kappa shape index (κ1) is 15.0. The second-order valence-corrected chi connectivity index (χ2v) is 11.8. The third-order valence-corrected chi connectivity index (χ3v) is 8.97. The van der Waals surface area contributed by atoms with Crippen molar-refractivity contribution in [1.82, 2.24) is 4.57 Å². The first-order valence-electron chi connectivity index (χ1n) is 9.69. The van der Waals surface area contributed by atoms with Gasteiger partial charge in [0.05, 0.1) is 0 Å². The van der Waals surface area contributed by atoms with E-state index < -0.39 is 8.96 Å². The van der Waals surface area contributed by atoms with Crippen molar-refractivity contribution in [2.24, 2.45) is 17.8 Å². The molecule has 5 rings (SSSR count). The summed E-state index contributed by atoms with van der Waals surface area (Å²) in [5, 5.41) is 0. The molecule has 0 amide bonds. The van der Waals surface area contributed by atoms with Crippen LogP contribution in [0.1, 0.15) is 65.2 Å². The van der Waals surface area contributed by atoms with E-state index in [1.54, 1.807) is 36.1 Å². The zero-order chi connectivity index (χ0) is 15.5. The summed E-state index contributed by atoms with van der Waals surface area (Å²) in [4.78, 5) is 0. The van der Waals surface area contributed by atoms with Crippen molar-refractivity contribution in [1.29, 1.82) is 0 Å². The van der Waals surface area contributed by atoms with Gasteiger partial charge in [-0.25, -0.2) is 0 Å². The van der Waals surface area contributed by atoms with Gasteiger partial charge in [0.25, 0.3) is 0 Å². The van der Waals surface area contributed by atoms with E-state index in [-0.39, 0.29) is 0 Å². The van der Waals surface area contributed by atoms with Crippen molar-refractivity contribution in [2.45, 2.75) is 83.8 Å². The van der Waals surface area contributed by atoms with Crippen LogP contribution in [0, 0.1) is 17.8 Å². The van der Waals surface area contributed by atoms with Crippen LogP contribution in [0.4, 0.5) is 0 Å². The van der Waals surface area contributed by atoms with Crippen LogP contribution in [-0.2, 0) is 0 Å². The van der Waals surface area contributed by atoms with E-state index in [2.05, 4.69) is 37.6 Å². The highest BCUT2D eigenvalue weighted by Crippen LogP contribution is 2.59. The fourth-order valence-electron chi connectivity index (χ4n) is 6.86. The molecule has 0 atom stereocenters. The van der Waals surface area contributed by atoms with Crippen LogP contribution in [0.25, 0.3) is 0 Å². The van der Waals surface area contributed by atoms with Gasteiger partial charge in [-0.15, -0.1) is 0 Å². The third kappa shape index (κ3) is 2.25. The van der Waals surface area contributed by atoms with E-state index in [0.29, 0.717) is 5.54 Å². The largest absolute Gasteiger partial charge is 0.398 e. The van der Waals surface area contributed by atoms with Gasteiger partial charge in [-0.1, -0.05) is 25.6 Å². The fraction of sp³-hybridized carbons (Fsp3) is 0.800. The predicted octanol–water partition coefficient (Wildman–Crippen LogP) is 5.25. The SMILES string of the molecule is CCC1=C(C)CC(N([SiH](C)C)C23CC4CC(CC(C4)C2)C3)=C1. The van der Waals surface area contributed by atoms with Crippen LogP contribution in [0.15, 0.2) is 22.9 Å². The molecule has 0 heterocycles. The van der Waals surface area contributed by atoms with Gasteiger partial charge in [0.15, 0.2) is 0 Å². The van der Waals surface area contributed by atoms with Crippen LogP contribution in [0.5, 0.6) is 0 Å². The minimum Gasteiger partial charge on any atom is -0.398 e. The van der Waals surface area contributed by atoms with Gasteiger partial charge in [-0.2, -0.15) is 0 Å². The second-order valence-electron chi connectivity index (χ2n) is 9.08. The Morgan fingerprint density at radius 1 is 1.09 bits per heavy atom. The highest BCUT2D eigenvalue weighted by Gasteiger charge is 2.54. The van der Waals surface area contributed by atoms with Crippen LogP contribution in [0.3, 0.4) is 0 Å². The average Bonchev–Trinajstić information content (AvgIpc) is 2.76. The Hall–Kier alpha value is -0.503. The molecule has 4 saturated carbocycles. The zero-order valence-electron chi connectivity index (χ0n) is 15.0. The van der Waals surface area contributed by atoms with Gasteiger partial charge in [0.2, 0.25) is 0 Å². The molecule has 0 aromatic carbocycles. The molecule has 0 aliphatic heterocycles. The molecule has 22 heavy (non-hydrogen) atoms. The molecule has 4 bridgehead atoms. The quantitative estimate of drug-likeness (QED) is 0.640. The molecule has 1 nitrogen and oxygen atoms in total. The number of hydrogen-bond donors (Lipinski definition) is 0. The summed E-state index contributed by atoms with van der Waals surface area (Å²) in [7, 11) is -0.824. The molecular weight excluding hydrogens is 282 g/mol. The molecule has 0 spiro atoms. The maximum atomic E-state index is 3.05. The summed E-state index contributed by atoms with van der Waals surface area (Å²) in [5.74, 6) is 3.18. The Balaban J connectivity index is 1.66. The summed E-state index contributed by atoms with van der Waals surface area (Å²) >= 11 is 0. The lowest BCUT2D eigenvalue weighted by Crippen LogP contribution is -2.62. The van der Waals surface area contributed by atoms with Gasteiger partial charge < -0.3 is 4.57 Å². The van der Waals surface area contributed by atoms with Crippen molar-refractivity contribution < 1.29 is 0 Å². The highest BCUT2D eigenvalue weighted by molar-refractivity contribution is 6.53. The summed E-state index contributed by atoms with van der Waals surface area (Å²) in [6.07, 6.45) is 14.3. The van der Waals surface area contributed by atoms with E-state index in [0.717, 1.165) is 17.8 Å². The Morgan fingerprint density at radius 2 is 1.64 bits per heavy atom. The van der Waals surface area contributed by atoms with Crippen LogP contribution in [0.2, 0.25) is 13.1 Å². The van der Waals surface area contributed by atoms with Gasteiger partial charge in [0.1, 0.15) is 8.96 Å². The lowest BCUT2D eigenvalue weighted by molar-refractivity contribution is -0.0499. The smallest absolute Gasteiger partial charge is 0.134 e. The summed E-state index contributed by atoms with van der Waals surface area (Å²) in [6, 6.07) is 0. The molecule has 0 radical (unpaired) electrons. The van der Waals surface area contributed by atoms with E-state index >= 15 is 0 Å². The average molecular weight is 316 g/mol. The fourth-order valence-corrected chi connectivity index (χ4v) is 9.10. The molecular formula is C20H33NSi. The lowest BCUT2D eigenvalue weighted by Gasteiger charge is -2.62. The molecule has 0 aromatic rings. The first-order valence-corrected chi connectivity index (χ1v) is 12.5. The van der Waals surface area contributed by atoms with Gasteiger partial charge in [-0.05, 0) is 81.3 Å². The lowest BCUT2D eigenvalue weighted by atomic mass is 9.53. The topological polar surface area (TPSA) is 3.24 Å². The number of allylic oxidation sites excluding steroid dienone is 3. The van der Waals surface area contributed by atoms with Crippen molar-refractivity contribution in [3.63, 3.8) is 0 Å². The Labute approximate surface area is 138 Å². The van der Waals surface area contributed by atoms with Gasteiger partial charge >= 0.3 is 0 Å². The van der Waals surface area contributed by atoms with E-state index in [9.17, 15) is 0 Å². The van der Waals surface area contributed by atoms with Crippen molar-refractivity contribution >= 4 is 8.96 Å². The number of hydrogen-bond acceptors (Lipinski definition) is 1. The standard InChI is InChI=1S/C20H33NSi/c1-5-18-10-19(6-14(18)2)21(22(3)4)20-11-15-7-16(12-20)9-17(8-15)13-20/h10,15-17,22H,5-9,11-13H2,1-4H3. The number of nitrogens with zero attached hydrogens (tertiary/aromatic N) is 1. The summed E-state index contributed by atoms with van der Waals surface area (Å²) in [6.45, 7) is 9.82. The molecule has 0 aromatic heterocycles. The summed E-state index contributed by atoms with van der Waals surface area (Å²) in [5.41, 5.74) is 5.55. The van der Waals surface area contributed by atoms with Gasteiger partial charge in [0, 0.05) is 17.7 Å². The van der Waals surface area contributed by atoms with Crippen molar-refractivity contribution in [3.05, 3.63) is 22.9 Å². The highest BCUT2D eigenvalue weighted by atomic mass is 28.3. The minimum atomic E-state index is -0.824. The Morgan fingerprint density at radius 3 is 2.05 bits per heavy atom. The summed E-state index contributed by atoms with van der Waals surface area (Å²) < 4.78 is 3.05. The first-order chi connectivity index (χ1) is 10.5. The molecule has 0 unspecified atom stereocenters. The van der Waals surface area contributed by atoms with Crippen molar-refractivity contribution in [3.8, 4) is 0 Å². The molecule has 122 valence electrons. The van der Waals surface area contributed by atoms with E-state index in [4.69, 9.17) is 0 Å². The van der Waals surface area contributed by atoms with E-state index in [1.807, 2.05) is 0 Å². The molecule has 5 aliphatic carbocycles. The van der Waals surface area contributed by atoms with Gasteiger partial charge in [-0.3, -0.25) is 0 Å². The Bertz CT molecular complexity index is 493.